The van der Waals surface area contributed by atoms with Crippen LogP contribution in [-0.4, -0.2) is 19.1 Å². The average Bonchev–Trinajstić information content (AvgIpc) is 2.61. The summed E-state index contributed by atoms with van der Waals surface area (Å²) >= 11 is 0. The zero-order valence-corrected chi connectivity index (χ0v) is 14.3. The molecule has 2 aromatic rings. The molecule has 1 saturated heterocycles. The highest BCUT2D eigenvalue weighted by atomic mass is 16.5. The van der Waals surface area contributed by atoms with Crippen LogP contribution in [0.15, 0.2) is 42.5 Å². The van der Waals surface area contributed by atoms with Crippen molar-refractivity contribution in [1.29, 1.82) is 0 Å². The predicted octanol–water partition coefficient (Wildman–Crippen LogP) is 4.41. The van der Waals surface area contributed by atoms with E-state index in [1.54, 1.807) is 0 Å². The molecule has 0 bridgehead atoms. The predicted molar refractivity (Wildman–Crippen MR) is 97.8 cm³/mol. The summed E-state index contributed by atoms with van der Waals surface area (Å²) in [5.74, 6) is 0.153. The van der Waals surface area contributed by atoms with Crippen molar-refractivity contribution in [3.63, 3.8) is 0 Å². The summed E-state index contributed by atoms with van der Waals surface area (Å²) in [6.07, 6.45) is 1.61. The minimum absolute atomic E-state index is 0.0616. The SMILES string of the molecule is Cc1cccc(Nc2ccc(NC(=O)C3CCOCC3)cc2)c1C. The molecule has 0 atom stereocenters. The lowest BCUT2D eigenvalue weighted by Crippen LogP contribution is -2.28. The first-order chi connectivity index (χ1) is 11.6. The molecule has 1 heterocycles. The van der Waals surface area contributed by atoms with Crippen LogP contribution in [0, 0.1) is 19.8 Å². The highest BCUT2D eigenvalue weighted by Gasteiger charge is 2.21. The van der Waals surface area contributed by atoms with Gasteiger partial charge in [0.05, 0.1) is 0 Å². The molecule has 0 unspecified atom stereocenters. The van der Waals surface area contributed by atoms with E-state index in [-0.39, 0.29) is 11.8 Å². The first-order valence-corrected chi connectivity index (χ1v) is 8.45. The minimum atomic E-state index is 0.0616. The van der Waals surface area contributed by atoms with Gasteiger partial charge in [-0.15, -0.1) is 0 Å². The Hall–Kier alpha value is -2.33. The Morgan fingerprint density at radius 3 is 2.38 bits per heavy atom. The summed E-state index contributed by atoms with van der Waals surface area (Å²) in [5.41, 5.74) is 5.45. The van der Waals surface area contributed by atoms with Crippen LogP contribution >= 0.6 is 0 Å². The quantitative estimate of drug-likeness (QED) is 0.876. The number of nitrogens with one attached hydrogen (secondary N) is 2. The van der Waals surface area contributed by atoms with E-state index in [2.05, 4.69) is 36.6 Å². The maximum atomic E-state index is 12.2. The van der Waals surface area contributed by atoms with Crippen molar-refractivity contribution in [1.82, 2.24) is 0 Å². The van der Waals surface area contributed by atoms with E-state index >= 15 is 0 Å². The van der Waals surface area contributed by atoms with E-state index in [0.29, 0.717) is 13.2 Å². The van der Waals surface area contributed by atoms with Gasteiger partial charge in [0.2, 0.25) is 5.91 Å². The molecule has 0 saturated carbocycles. The van der Waals surface area contributed by atoms with Crippen molar-refractivity contribution in [2.45, 2.75) is 26.7 Å². The van der Waals surface area contributed by atoms with Gasteiger partial charge in [-0.3, -0.25) is 4.79 Å². The Morgan fingerprint density at radius 1 is 1.00 bits per heavy atom. The second-order valence-electron chi connectivity index (χ2n) is 6.33. The summed E-state index contributed by atoms with van der Waals surface area (Å²) in [4.78, 5) is 12.2. The largest absolute Gasteiger partial charge is 0.381 e. The lowest BCUT2D eigenvalue weighted by atomic mass is 9.99. The van der Waals surface area contributed by atoms with Gasteiger partial charge in [-0.05, 0) is 68.1 Å². The molecule has 1 amide bonds. The molecule has 0 aromatic heterocycles. The molecular formula is C20H24N2O2. The molecule has 1 aliphatic heterocycles. The molecule has 0 radical (unpaired) electrons. The smallest absolute Gasteiger partial charge is 0.227 e. The standard InChI is InChI=1S/C20H24N2O2/c1-14-4-3-5-19(15(14)2)21-17-6-8-18(9-7-17)22-20(23)16-10-12-24-13-11-16/h3-9,16,21H,10-13H2,1-2H3,(H,22,23). The molecule has 0 aliphatic carbocycles. The number of carbonyl (C=O) groups excluding carboxylic acids is 1. The van der Waals surface area contributed by atoms with Gasteiger partial charge in [-0.25, -0.2) is 0 Å². The fourth-order valence-corrected chi connectivity index (χ4v) is 2.88. The lowest BCUT2D eigenvalue weighted by molar-refractivity contribution is -0.122. The van der Waals surface area contributed by atoms with Crippen molar-refractivity contribution in [2.24, 2.45) is 5.92 Å². The Labute approximate surface area is 143 Å². The molecule has 2 N–H and O–H groups in total. The zero-order valence-electron chi connectivity index (χ0n) is 14.3. The van der Waals surface area contributed by atoms with E-state index in [1.807, 2.05) is 30.3 Å². The first-order valence-electron chi connectivity index (χ1n) is 8.45. The van der Waals surface area contributed by atoms with Crippen molar-refractivity contribution < 1.29 is 9.53 Å². The topological polar surface area (TPSA) is 50.4 Å². The first kappa shape index (κ1) is 16.5. The highest BCUT2D eigenvalue weighted by molar-refractivity contribution is 5.92. The van der Waals surface area contributed by atoms with Gasteiger partial charge < -0.3 is 15.4 Å². The van der Waals surface area contributed by atoms with Crippen LogP contribution in [0.4, 0.5) is 17.1 Å². The van der Waals surface area contributed by atoms with E-state index in [9.17, 15) is 4.79 Å². The maximum absolute atomic E-state index is 12.2. The molecule has 1 fully saturated rings. The van der Waals surface area contributed by atoms with Gasteiger partial charge in [0.15, 0.2) is 0 Å². The lowest BCUT2D eigenvalue weighted by Gasteiger charge is -2.21. The Kier molecular flexibility index (Phi) is 5.16. The van der Waals surface area contributed by atoms with Crippen LogP contribution < -0.4 is 10.6 Å². The average molecular weight is 324 g/mol. The number of benzene rings is 2. The Morgan fingerprint density at radius 2 is 1.67 bits per heavy atom. The number of amides is 1. The molecule has 0 spiro atoms. The Balaban J connectivity index is 1.62. The third-order valence-corrected chi connectivity index (χ3v) is 4.63. The number of hydrogen-bond donors (Lipinski definition) is 2. The van der Waals surface area contributed by atoms with Crippen LogP contribution in [0.3, 0.4) is 0 Å². The van der Waals surface area contributed by atoms with Gasteiger partial charge in [-0.1, -0.05) is 12.1 Å². The summed E-state index contributed by atoms with van der Waals surface area (Å²) in [5, 5.41) is 6.43. The van der Waals surface area contributed by atoms with E-state index in [0.717, 1.165) is 29.9 Å². The van der Waals surface area contributed by atoms with Gasteiger partial charge in [0.1, 0.15) is 0 Å². The van der Waals surface area contributed by atoms with Crippen LogP contribution in [0.5, 0.6) is 0 Å². The normalized spacial score (nSPS) is 15.1. The summed E-state index contributed by atoms with van der Waals surface area (Å²) < 4.78 is 5.30. The fraction of sp³-hybridized carbons (Fsp3) is 0.350. The van der Waals surface area contributed by atoms with Crippen molar-refractivity contribution in [3.8, 4) is 0 Å². The van der Waals surface area contributed by atoms with Gasteiger partial charge in [0, 0.05) is 36.2 Å². The number of rotatable bonds is 4. The summed E-state index contributed by atoms with van der Waals surface area (Å²) in [7, 11) is 0. The molecule has 1 aliphatic rings. The van der Waals surface area contributed by atoms with E-state index in [1.165, 1.54) is 11.1 Å². The third kappa shape index (κ3) is 3.95. The number of hydrogen-bond acceptors (Lipinski definition) is 3. The fourth-order valence-electron chi connectivity index (χ4n) is 2.88. The van der Waals surface area contributed by atoms with E-state index in [4.69, 9.17) is 4.74 Å². The maximum Gasteiger partial charge on any atom is 0.227 e. The monoisotopic (exact) mass is 324 g/mol. The van der Waals surface area contributed by atoms with Crippen molar-refractivity contribution in [2.75, 3.05) is 23.8 Å². The molecule has 2 aromatic carbocycles. The molecule has 3 rings (SSSR count). The van der Waals surface area contributed by atoms with Crippen molar-refractivity contribution >= 4 is 23.0 Å². The number of anilines is 3. The number of carbonyl (C=O) groups is 1. The van der Waals surface area contributed by atoms with Gasteiger partial charge >= 0.3 is 0 Å². The van der Waals surface area contributed by atoms with Crippen LogP contribution in [0.2, 0.25) is 0 Å². The summed E-state index contributed by atoms with van der Waals surface area (Å²) in [6.45, 7) is 5.57. The molecule has 4 heteroatoms. The molecule has 24 heavy (non-hydrogen) atoms. The molecule has 126 valence electrons. The number of ether oxygens (including phenoxy) is 1. The van der Waals surface area contributed by atoms with Gasteiger partial charge in [0.25, 0.3) is 0 Å². The van der Waals surface area contributed by atoms with E-state index < -0.39 is 0 Å². The van der Waals surface area contributed by atoms with Gasteiger partial charge in [-0.2, -0.15) is 0 Å². The second kappa shape index (κ2) is 7.49. The van der Waals surface area contributed by atoms with Crippen molar-refractivity contribution in [3.05, 3.63) is 53.6 Å². The van der Waals surface area contributed by atoms with Crippen LogP contribution in [-0.2, 0) is 9.53 Å². The number of aryl methyl sites for hydroxylation is 1. The minimum Gasteiger partial charge on any atom is -0.381 e. The molecular weight excluding hydrogens is 300 g/mol. The highest BCUT2D eigenvalue weighted by Crippen LogP contribution is 2.24. The summed E-state index contributed by atoms with van der Waals surface area (Å²) in [6, 6.07) is 14.1. The Bertz CT molecular complexity index is 704. The van der Waals surface area contributed by atoms with Crippen LogP contribution in [0.1, 0.15) is 24.0 Å². The zero-order chi connectivity index (χ0) is 16.9. The third-order valence-electron chi connectivity index (χ3n) is 4.63. The second-order valence-corrected chi connectivity index (χ2v) is 6.33. The van der Waals surface area contributed by atoms with Crippen LogP contribution in [0.25, 0.3) is 0 Å². The molecule has 4 nitrogen and oxygen atoms in total.